The molecular weight excluding hydrogens is 510 g/mol. The minimum Gasteiger partial charge on any atom is -0.388 e. The monoisotopic (exact) mass is 555 g/mol. The van der Waals surface area contributed by atoms with Crippen LogP contribution in [0.5, 0.6) is 0 Å². The first kappa shape index (κ1) is 28.1. The summed E-state index contributed by atoms with van der Waals surface area (Å²) in [7, 11) is 0. The van der Waals surface area contributed by atoms with Crippen molar-refractivity contribution in [2.45, 2.75) is 95.6 Å². The molecule has 6 heteroatoms. The van der Waals surface area contributed by atoms with E-state index in [0.29, 0.717) is 37.7 Å². The molecule has 2 heterocycles. The molecule has 0 bridgehead atoms. The summed E-state index contributed by atoms with van der Waals surface area (Å²) in [5.41, 5.74) is 2.04. The van der Waals surface area contributed by atoms with E-state index in [-0.39, 0.29) is 23.9 Å². The number of hydrogen-bond donors (Lipinski definition) is 1. The van der Waals surface area contributed by atoms with Crippen LogP contribution < -0.4 is 5.56 Å². The van der Waals surface area contributed by atoms with Gasteiger partial charge in [0, 0.05) is 19.5 Å². The fraction of sp³-hybridized carbons (Fsp3) is 0.571. The van der Waals surface area contributed by atoms with Crippen LogP contribution in [0.1, 0.15) is 88.2 Å². The number of rotatable bonds is 9. The third-order valence-corrected chi connectivity index (χ3v) is 10.2. The number of hydrogen-bond acceptors (Lipinski definition) is 4. The molecule has 3 aromatic rings. The fourth-order valence-electron chi connectivity index (χ4n) is 7.67. The van der Waals surface area contributed by atoms with Crippen LogP contribution in [0.2, 0.25) is 0 Å². The maximum Gasteiger partial charge on any atom is 0.261 e. The van der Waals surface area contributed by atoms with Crippen LogP contribution in [0.3, 0.4) is 0 Å². The highest BCUT2D eigenvalue weighted by Crippen LogP contribution is 2.43. The van der Waals surface area contributed by atoms with Gasteiger partial charge in [-0.2, -0.15) is 0 Å². The van der Waals surface area contributed by atoms with Gasteiger partial charge in [0.2, 0.25) is 5.91 Å². The van der Waals surface area contributed by atoms with Gasteiger partial charge in [-0.3, -0.25) is 14.2 Å². The summed E-state index contributed by atoms with van der Waals surface area (Å²) in [6, 6.07) is 16.2. The van der Waals surface area contributed by atoms with Gasteiger partial charge in [-0.15, -0.1) is 0 Å². The first-order valence-corrected chi connectivity index (χ1v) is 15.9. The van der Waals surface area contributed by atoms with Crippen LogP contribution in [0, 0.1) is 17.8 Å². The Morgan fingerprint density at radius 3 is 2.49 bits per heavy atom. The van der Waals surface area contributed by atoms with Gasteiger partial charge in [-0.1, -0.05) is 69.0 Å². The molecular formula is C35H45N3O3. The third-order valence-electron chi connectivity index (χ3n) is 10.2. The number of nitrogens with zero attached hydrogens (tertiary/aromatic N) is 3. The molecule has 3 fully saturated rings. The topological polar surface area (TPSA) is 75.4 Å². The molecule has 218 valence electrons. The molecule has 6 nitrogen and oxygen atoms in total. The van der Waals surface area contributed by atoms with Crippen molar-refractivity contribution in [2.75, 3.05) is 13.1 Å². The van der Waals surface area contributed by atoms with E-state index in [1.54, 1.807) is 10.9 Å². The number of likely N-dealkylation sites (tertiary alicyclic amines) is 1. The maximum atomic E-state index is 13.3. The predicted molar refractivity (Wildman–Crippen MR) is 163 cm³/mol. The second kappa shape index (κ2) is 12.1. The SMILES string of the molecule is C[C@H](CC(=O)N1CCC(O)(Cn2cnc3cc(CC4CC(CC5CCCC5)C4)ccc3c2=O)CC1)c1ccccc1. The number of aromatic nitrogens is 2. The van der Waals surface area contributed by atoms with Crippen molar-refractivity contribution in [3.05, 3.63) is 76.3 Å². The van der Waals surface area contributed by atoms with Gasteiger partial charge in [0.15, 0.2) is 0 Å². The van der Waals surface area contributed by atoms with E-state index in [1.807, 2.05) is 29.2 Å². The maximum absolute atomic E-state index is 13.3. The van der Waals surface area contributed by atoms with Crippen LogP contribution in [0.25, 0.3) is 10.9 Å². The first-order valence-electron chi connectivity index (χ1n) is 15.9. The molecule has 2 aliphatic carbocycles. The van der Waals surface area contributed by atoms with E-state index < -0.39 is 5.60 Å². The number of fused-ring (bicyclic) bond motifs is 1. The van der Waals surface area contributed by atoms with Crippen LogP contribution >= 0.6 is 0 Å². The Morgan fingerprint density at radius 2 is 1.76 bits per heavy atom. The highest BCUT2D eigenvalue weighted by Gasteiger charge is 2.35. The largest absolute Gasteiger partial charge is 0.388 e. The number of benzene rings is 2. The highest BCUT2D eigenvalue weighted by atomic mass is 16.3. The minimum absolute atomic E-state index is 0.106. The minimum atomic E-state index is -1.03. The molecule has 1 aliphatic heterocycles. The van der Waals surface area contributed by atoms with Crippen molar-refractivity contribution in [3.8, 4) is 0 Å². The lowest BCUT2D eigenvalue weighted by molar-refractivity contribution is -0.136. The smallest absolute Gasteiger partial charge is 0.261 e. The molecule has 2 saturated carbocycles. The van der Waals surface area contributed by atoms with Crippen molar-refractivity contribution < 1.29 is 9.90 Å². The average Bonchev–Trinajstić information content (AvgIpc) is 3.47. The number of piperidine rings is 1. The molecule has 0 spiro atoms. The Labute approximate surface area is 243 Å². The molecule has 41 heavy (non-hydrogen) atoms. The quantitative estimate of drug-likeness (QED) is 0.347. The lowest BCUT2D eigenvalue weighted by Gasteiger charge is -2.38. The zero-order valence-electron chi connectivity index (χ0n) is 24.5. The molecule has 0 radical (unpaired) electrons. The van der Waals surface area contributed by atoms with E-state index in [2.05, 4.69) is 36.2 Å². The van der Waals surface area contributed by atoms with Crippen LogP contribution in [-0.4, -0.2) is 44.2 Å². The molecule has 3 aliphatic rings. The molecule has 1 atom stereocenters. The second-order valence-corrected chi connectivity index (χ2v) is 13.4. The summed E-state index contributed by atoms with van der Waals surface area (Å²) in [4.78, 5) is 32.7. The van der Waals surface area contributed by atoms with Crippen molar-refractivity contribution in [1.29, 1.82) is 0 Å². The van der Waals surface area contributed by atoms with E-state index in [0.717, 1.165) is 35.3 Å². The van der Waals surface area contributed by atoms with E-state index >= 15 is 0 Å². The lowest BCUT2D eigenvalue weighted by Crippen LogP contribution is -2.49. The number of amides is 1. The van der Waals surface area contributed by atoms with Crippen LogP contribution in [0.4, 0.5) is 0 Å². The Morgan fingerprint density at radius 1 is 1.02 bits per heavy atom. The fourth-order valence-corrected chi connectivity index (χ4v) is 7.67. The summed E-state index contributed by atoms with van der Waals surface area (Å²) in [5, 5.41) is 11.9. The number of carbonyl (C=O) groups excluding carboxylic acids is 1. The van der Waals surface area contributed by atoms with E-state index in [4.69, 9.17) is 0 Å². The second-order valence-electron chi connectivity index (χ2n) is 13.4. The Bertz CT molecular complexity index is 1400. The standard InChI is InChI=1S/C35H45N3O3/c1-25(30-9-3-2-4-10-30)17-33(39)37-15-13-35(41,14-16-37)23-38-24-36-32-22-27(11-12-31(32)34(38)40)19-29-20-28(21-29)18-26-7-5-6-8-26/h2-4,9-12,22,24-26,28-29,41H,5-8,13-21,23H2,1H3/t25-,28?,29?/m1/s1. The summed E-state index contributed by atoms with van der Waals surface area (Å²) in [6.07, 6.45) is 13.9. The zero-order valence-corrected chi connectivity index (χ0v) is 24.5. The summed E-state index contributed by atoms with van der Waals surface area (Å²) in [6.45, 7) is 3.27. The zero-order chi connectivity index (χ0) is 28.4. The first-order chi connectivity index (χ1) is 19.8. The van der Waals surface area contributed by atoms with Gasteiger partial charge in [0.1, 0.15) is 0 Å². The third kappa shape index (κ3) is 6.58. The Balaban J connectivity index is 1.02. The van der Waals surface area contributed by atoms with Gasteiger partial charge < -0.3 is 10.0 Å². The van der Waals surface area contributed by atoms with Crippen molar-refractivity contribution in [2.24, 2.45) is 17.8 Å². The van der Waals surface area contributed by atoms with E-state index in [1.165, 1.54) is 50.5 Å². The molecule has 1 amide bonds. The summed E-state index contributed by atoms with van der Waals surface area (Å²) < 4.78 is 1.55. The highest BCUT2D eigenvalue weighted by molar-refractivity contribution is 5.78. The number of carbonyl (C=O) groups is 1. The molecule has 1 N–H and O–H groups in total. The van der Waals surface area contributed by atoms with Gasteiger partial charge in [-0.05, 0) is 85.5 Å². The van der Waals surface area contributed by atoms with Crippen LogP contribution in [-0.2, 0) is 17.8 Å². The molecule has 0 unspecified atom stereocenters. The normalized spacial score (nSPS) is 23.4. The van der Waals surface area contributed by atoms with Crippen molar-refractivity contribution in [3.63, 3.8) is 0 Å². The molecule has 2 aromatic carbocycles. The van der Waals surface area contributed by atoms with Crippen molar-refractivity contribution >= 4 is 16.8 Å². The molecule has 1 saturated heterocycles. The van der Waals surface area contributed by atoms with Gasteiger partial charge in [0.05, 0.1) is 29.4 Å². The Hall–Kier alpha value is -2.99. The van der Waals surface area contributed by atoms with Crippen LogP contribution in [0.15, 0.2) is 59.7 Å². The predicted octanol–water partition coefficient (Wildman–Crippen LogP) is 6.09. The van der Waals surface area contributed by atoms with E-state index in [9.17, 15) is 14.7 Å². The lowest BCUT2D eigenvalue weighted by atomic mass is 9.69. The molecule has 6 rings (SSSR count). The summed E-state index contributed by atoms with van der Waals surface area (Å²) >= 11 is 0. The van der Waals surface area contributed by atoms with Gasteiger partial charge >= 0.3 is 0 Å². The Kier molecular flexibility index (Phi) is 8.30. The van der Waals surface area contributed by atoms with Crippen molar-refractivity contribution in [1.82, 2.24) is 14.5 Å². The van der Waals surface area contributed by atoms with Gasteiger partial charge in [0.25, 0.3) is 5.56 Å². The average molecular weight is 556 g/mol. The number of aliphatic hydroxyl groups is 1. The molecule has 1 aromatic heterocycles. The van der Waals surface area contributed by atoms with Gasteiger partial charge in [-0.25, -0.2) is 4.98 Å². The summed E-state index contributed by atoms with van der Waals surface area (Å²) in [5.74, 6) is 2.93.